The predicted molar refractivity (Wildman–Crippen MR) is 47.0 cm³/mol. The van der Waals surface area contributed by atoms with Crippen LogP contribution in [0.25, 0.3) is 0 Å². The van der Waals surface area contributed by atoms with E-state index in [9.17, 15) is 5.11 Å². The van der Waals surface area contributed by atoms with Crippen molar-refractivity contribution in [2.45, 2.75) is 44.8 Å². The van der Waals surface area contributed by atoms with Gasteiger partial charge in [0, 0.05) is 6.42 Å². The normalized spacial score (nSPS) is 16.4. The highest BCUT2D eigenvalue weighted by atomic mass is 16.3. The van der Waals surface area contributed by atoms with Gasteiger partial charge in [-0.1, -0.05) is 19.8 Å². The summed E-state index contributed by atoms with van der Waals surface area (Å²) in [5.41, 5.74) is 9.80. The molecule has 0 saturated heterocycles. The first-order valence-corrected chi connectivity index (χ1v) is 4.33. The van der Waals surface area contributed by atoms with Gasteiger partial charge in [0.1, 0.15) is 5.72 Å². The lowest BCUT2D eigenvalue weighted by atomic mass is 10.0. The molecule has 0 radical (unpaired) electrons. The smallest absolute Gasteiger partial charge is 0.114 e. The van der Waals surface area contributed by atoms with Gasteiger partial charge in [-0.3, -0.25) is 0 Å². The highest BCUT2D eigenvalue weighted by Gasteiger charge is 2.18. The van der Waals surface area contributed by atoms with Gasteiger partial charge in [-0.25, -0.2) is 0 Å². The second-order valence-electron chi connectivity index (χ2n) is 3.10. The molecule has 1 unspecified atom stereocenters. The van der Waals surface area contributed by atoms with Crippen molar-refractivity contribution < 1.29 is 5.11 Å². The molecule has 5 N–H and O–H groups in total. The van der Waals surface area contributed by atoms with Crippen LogP contribution in [-0.4, -0.2) is 17.4 Å². The third kappa shape index (κ3) is 6.28. The minimum absolute atomic E-state index is 0.457. The van der Waals surface area contributed by atoms with Crippen LogP contribution in [0.1, 0.15) is 39.0 Å². The SMILES string of the molecule is CCCCCC(N)(O)CCN. The highest BCUT2D eigenvalue weighted by molar-refractivity contribution is 4.70. The van der Waals surface area contributed by atoms with Crippen LogP contribution in [-0.2, 0) is 0 Å². The number of nitrogens with two attached hydrogens (primary N) is 2. The lowest BCUT2D eigenvalue weighted by molar-refractivity contribution is 0.0292. The maximum Gasteiger partial charge on any atom is 0.114 e. The second-order valence-corrected chi connectivity index (χ2v) is 3.10. The molecule has 11 heavy (non-hydrogen) atoms. The van der Waals surface area contributed by atoms with Gasteiger partial charge in [-0.15, -0.1) is 0 Å². The molecule has 0 heterocycles. The van der Waals surface area contributed by atoms with Gasteiger partial charge in [0.05, 0.1) is 0 Å². The molecule has 0 aromatic heterocycles. The third-order valence-corrected chi connectivity index (χ3v) is 1.79. The molecular weight excluding hydrogens is 140 g/mol. The summed E-state index contributed by atoms with van der Waals surface area (Å²) in [5.74, 6) is 0. The molecule has 0 saturated carbocycles. The van der Waals surface area contributed by atoms with Crippen LogP contribution < -0.4 is 11.5 Å². The van der Waals surface area contributed by atoms with E-state index in [1.165, 1.54) is 0 Å². The molecule has 0 aliphatic carbocycles. The molecule has 0 rings (SSSR count). The number of hydrogen-bond donors (Lipinski definition) is 3. The van der Waals surface area contributed by atoms with Gasteiger partial charge in [-0.05, 0) is 19.4 Å². The molecule has 0 aromatic carbocycles. The lowest BCUT2D eigenvalue weighted by Gasteiger charge is -2.21. The average Bonchev–Trinajstić information content (AvgIpc) is 1.87. The van der Waals surface area contributed by atoms with Crippen LogP contribution in [0.15, 0.2) is 0 Å². The quantitative estimate of drug-likeness (QED) is 0.393. The van der Waals surface area contributed by atoms with E-state index < -0.39 is 5.72 Å². The molecular formula is C8H20N2O. The molecule has 68 valence electrons. The summed E-state index contributed by atoms with van der Waals surface area (Å²) in [7, 11) is 0. The Morgan fingerprint density at radius 3 is 2.36 bits per heavy atom. The molecule has 0 amide bonds. The van der Waals surface area contributed by atoms with Crippen LogP contribution in [0.5, 0.6) is 0 Å². The maximum absolute atomic E-state index is 9.44. The maximum atomic E-state index is 9.44. The van der Waals surface area contributed by atoms with Crippen molar-refractivity contribution >= 4 is 0 Å². The standard InChI is InChI=1S/C8H20N2O/c1-2-3-4-5-8(10,11)6-7-9/h11H,2-7,9-10H2,1H3. The van der Waals surface area contributed by atoms with Crippen LogP contribution in [0.3, 0.4) is 0 Å². The highest BCUT2D eigenvalue weighted by Crippen LogP contribution is 2.11. The van der Waals surface area contributed by atoms with E-state index >= 15 is 0 Å². The molecule has 3 nitrogen and oxygen atoms in total. The number of aliphatic hydroxyl groups is 1. The van der Waals surface area contributed by atoms with Crippen LogP contribution in [0.2, 0.25) is 0 Å². The minimum Gasteiger partial charge on any atom is -0.376 e. The van der Waals surface area contributed by atoms with Crippen LogP contribution in [0.4, 0.5) is 0 Å². The number of unbranched alkanes of at least 4 members (excludes halogenated alkanes) is 2. The first-order chi connectivity index (χ1) is 5.12. The molecule has 0 fully saturated rings. The summed E-state index contributed by atoms with van der Waals surface area (Å²) in [6, 6.07) is 0. The largest absolute Gasteiger partial charge is 0.376 e. The Bertz CT molecular complexity index is 94.1. The van der Waals surface area contributed by atoms with Crippen molar-refractivity contribution in [2.75, 3.05) is 6.54 Å². The van der Waals surface area contributed by atoms with Crippen molar-refractivity contribution in [3.63, 3.8) is 0 Å². The number of hydrogen-bond acceptors (Lipinski definition) is 3. The predicted octanol–water partition coefficient (Wildman–Crippen LogP) is 0.563. The zero-order valence-corrected chi connectivity index (χ0v) is 7.34. The first-order valence-electron chi connectivity index (χ1n) is 4.33. The van der Waals surface area contributed by atoms with Gasteiger partial charge in [0.2, 0.25) is 0 Å². The van der Waals surface area contributed by atoms with E-state index in [1.54, 1.807) is 0 Å². The zero-order valence-electron chi connectivity index (χ0n) is 7.34. The summed E-state index contributed by atoms with van der Waals surface area (Å²) in [6.45, 7) is 2.58. The molecule has 0 aliphatic heterocycles. The topological polar surface area (TPSA) is 72.3 Å². The minimum atomic E-state index is -1.02. The van der Waals surface area contributed by atoms with Crippen molar-refractivity contribution in [3.05, 3.63) is 0 Å². The van der Waals surface area contributed by atoms with E-state index in [0.29, 0.717) is 19.4 Å². The lowest BCUT2D eigenvalue weighted by Crippen LogP contribution is -2.41. The summed E-state index contributed by atoms with van der Waals surface area (Å²) >= 11 is 0. The summed E-state index contributed by atoms with van der Waals surface area (Å²) in [4.78, 5) is 0. The number of rotatable bonds is 6. The second kappa shape index (κ2) is 5.52. The van der Waals surface area contributed by atoms with Crippen molar-refractivity contribution in [1.29, 1.82) is 0 Å². The van der Waals surface area contributed by atoms with Gasteiger partial charge in [-0.2, -0.15) is 0 Å². The molecule has 1 atom stereocenters. The molecule has 0 aliphatic rings. The van der Waals surface area contributed by atoms with Crippen molar-refractivity contribution in [2.24, 2.45) is 11.5 Å². The summed E-state index contributed by atoms with van der Waals surface area (Å²) in [6.07, 6.45) is 4.43. The van der Waals surface area contributed by atoms with E-state index in [4.69, 9.17) is 11.5 Å². The van der Waals surface area contributed by atoms with Gasteiger partial charge >= 0.3 is 0 Å². The Hall–Kier alpha value is -0.120. The van der Waals surface area contributed by atoms with E-state index in [2.05, 4.69) is 6.92 Å². The third-order valence-electron chi connectivity index (χ3n) is 1.79. The Morgan fingerprint density at radius 2 is 1.91 bits per heavy atom. The molecule has 3 heteroatoms. The Kier molecular flexibility index (Phi) is 5.46. The van der Waals surface area contributed by atoms with E-state index in [-0.39, 0.29) is 0 Å². The molecule has 0 spiro atoms. The van der Waals surface area contributed by atoms with Crippen molar-refractivity contribution in [1.82, 2.24) is 0 Å². The molecule has 0 bridgehead atoms. The first kappa shape index (κ1) is 10.9. The summed E-state index contributed by atoms with van der Waals surface area (Å²) in [5, 5.41) is 9.44. The van der Waals surface area contributed by atoms with Gasteiger partial charge in [0.25, 0.3) is 0 Å². The van der Waals surface area contributed by atoms with E-state index in [0.717, 1.165) is 19.3 Å². The fourth-order valence-electron chi connectivity index (χ4n) is 1.06. The Labute approximate surface area is 68.8 Å². The van der Waals surface area contributed by atoms with E-state index in [1.807, 2.05) is 0 Å². The summed E-state index contributed by atoms with van der Waals surface area (Å²) < 4.78 is 0. The van der Waals surface area contributed by atoms with Gasteiger partial charge < -0.3 is 16.6 Å². The van der Waals surface area contributed by atoms with Crippen LogP contribution >= 0.6 is 0 Å². The zero-order chi connectivity index (χ0) is 8.74. The average molecular weight is 160 g/mol. The van der Waals surface area contributed by atoms with Crippen LogP contribution in [0, 0.1) is 0 Å². The Morgan fingerprint density at radius 1 is 1.27 bits per heavy atom. The van der Waals surface area contributed by atoms with Crippen molar-refractivity contribution in [3.8, 4) is 0 Å². The molecule has 0 aromatic rings. The Balaban J connectivity index is 3.38. The van der Waals surface area contributed by atoms with Gasteiger partial charge in [0.15, 0.2) is 0 Å². The monoisotopic (exact) mass is 160 g/mol. The fraction of sp³-hybridized carbons (Fsp3) is 1.00. The fourth-order valence-corrected chi connectivity index (χ4v) is 1.06.